The number of hydrogen-bond donors (Lipinski definition) is 3. The molecule has 2 amide bonds. The number of aryl methyl sites for hydroxylation is 2. The number of nitrogens with one attached hydrogen (secondary N) is 2. The van der Waals surface area contributed by atoms with E-state index >= 15 is 0 Å². The van der Waals surface area contributed by atoms with Crippen LogP contribution in [0.25, 0.3) is 0 Å². The molecule has 0 spiro atoms. The molecular formula is C12H18N2O2. The number of anilines is 1. The van der Waals surface area contributed by atoms with Crippen molar-refractivity contribution in [3.63, 3.8) is 0 Å². The Hall–Kier alpha value is -1.55. The van der Waals surface area contributed by atoms with Crippen LogP contribution in [0.3, 0.4) is 0 Å². The maximum absolute atomic E-state index is 11.5. The number of benzene rings is 1. The van der Waals surface area contributed by atoms with E-state index in [2.05, 4.69) is 10.6 Å². The molecule has 88 valence electrons. The summed E-state index contributed by atoms with van der Waals surface area (Å²) >= 11 is 0. The van der Waals surface area contributed by atoms with Gasteiger partial charge in [-0.1, -0.05) is 25.1 Å². The fraction of sp³-hybridized carbons (Fsp3) is 0.417. The maximum atomic E-state index is 11.5. The molecule has 3 N–H and O–H groups in total. The van der Waals surface area contributed by atoms with Crippen molar-refractivity contribution in [3.8, 4) is 0 Å². The summed E-state index contributed by atoms with van der Waals surface area (Å²) in [6.07, 6.45) is 0.872. The second-order valence-corrected chi connectivity index (χ2v) is 3.57. The van der Waals surface area contributed by atoms with Crippen molar-refractivity contribution >= 4 is 11.7 Å². The van der Waals surface area contributed by atoms with Crippen LogP contribution >= 0.6 is 0 Å². The first-order valence-corrected chi connectivity index (χ1v) is 5.43. The average molecular weight is 222 g/mol. The molecule has 1 aromatic rings. The first-order valence-electron chi connectivity index (χ1n) is 5.43. The third-order valence-corrected chi connectivity index (χ3v) is 2.38. The predicted molar refractivity (Wildman–Crippen MR) is 64.7 cm³/mol. The summed E-state index contributed by atoms with van der Waals surface area (Å²) in [6.45, 7) is 4.22. The van der Waals surface area contributed by atoms with Gasteiger partial charge in [-0.2, -0.15) is 0 Å². The Labute approximate surface area is 95.7 Å². The molecule has 4 nitrogen and oxygen atoms in total. The van der Waals surface area contributed by atoms with Crippen molar-refractivity contribution in [2.45, 2.75) is 20.3 Å². The van der Waals surface area contributed by atoms with E-state index in [0.29, 0.717) is 0 Å². The van der Waals surface area contributed by atoms with E-state index in [1.807, 2.05) is 32.0 Å². The smallest absolute Gasteiger partial charge is 0.319 e. The van der Waals surface area contributed by atoms with Crippen LogP contribution in [-0.2, 0) is 6.42 Å². The van der Waals surface area contributed by atoms with Gasteiger partial charge in [0.1, 0.15) is 0 Å². The number of hydrogen-bond acceptors (Lipinski definition) is 2. The van der Waals surface area contributed by atoms with Gasteiger partial charge in [0.05, 0.1) is 6.61 Å². The summed E-state index contributed by atoms with van der Waals surface area (Å²) in [4.78, 5) is 11.5. The molecule has 0 unspecified atom stereocenters. The third-order valence-electron chi connectivity index (χ3n) is 2.38. The van der Waals surface area contributed by atoms with Crippen molar-refractivity contribution < 1.29 is 9.90 Å². The van der Waals surface area contributed by atoms with Gasteiger partial charge in [-0.05, 0) is 24.5 Å². The van der Waals surface area contributed by atoms with E-state index in [1.165, 1.54) is 0 Å². The first kappa shape index (κ1) is 12.5. The highest BCUT2D eigenvalue weighted by molar-refractivity contribution is 5.91. The van der Waals surface area contributed by atoms with Gasteiger partial charge >= 0.3 is 6.03 Å². The molecule has 0 atom stereocenters. The topological polar surface area (TPSA) is 61.4 Å². The highest BCUT2D eigenvalue weighted by Gasteiger charge is 2.07. The van der Waals surface area contributed by atoms with Crippen LogP contribution in [0.15, 0.2) is 18.2 Å². The van der Waals surface area contributed by atoms with Gasteiger partial charge in [0.25, 0.3) is 0 Å². The standard InChI is InChI=1S/C12H18N2O2/c1-3-10-6-4-5-9(2)11(10)14-12(16)13-7-8-15/h4-6,15H,3,7-8H2,1-2H3,(H2,13,14,16). The van der Waals surface area contributed by atoms with Crippen LogP contribution in [-0.4, -0.2) is 24.3 Å². The SMILES string of the molecule is CCc1cccc(C)c1NC(=O)NCCO. The highest BCUT2D eigenvalue weighted by atomic mass is 16.3. The lowest BCUT2D eigenvalue weighted by atomic mass is 10.1. The van der Waals surface area contributed by atoms with E-state index in [0.717, 1.165) is 23.2 Å². The molecule has 16 heavy (non-hydrogen) atoms. The molecule has 0 aliphatic carbocycles. The van der Waals surface area contributed by atoms with Crippen LogP contribution in [0.2, 0.25) is 0 Å². The van der Waals surface area contributed by atoms with Crippen molar-refractivity contribution in [2.24, 2.45) is 0 Å². The number of aliphatic hydroxyl groups excluding tert-OH is 1. The molecular weight excluding hydrogens is 204 g/mol. The summed E-state index contributed by atoms with van der Waals surface area (Å²) < 4.78 is 0. The Balaban J connectivity index is 2.75. The summed E-state index contributed by atoms with van der Waals surface area (Å²) in [6, 6.07) is 5.65. The summed E-state index contributed by atoms with van der Waals surface area (Å²) in [5.41, 5.74) is 3.01. The predicted octanol–water partition coefficient (Wildman–Crippen LogP) is 1.67. The van der Waals surface area contributed by atoms with Crippen LogP contribution in [0.4, 0.5) is 10.5 Å². The van der Waals surface area contributed by atoms with Gasteiger partial charge in [-0.3, -0.25) is 0 Å². The van der Waals surface area contributed by atoms with Gasteiger partial charge < -0.3 is 15.7 Å². The molecule has 0 saturated heterocycles. The molecule has 0 radical (unpaired) electrons. The zero-order valence-electron chi connectivity index (χ0n) is 9.71. The van der Waals surface area contributed by atoms with Crippen LogP contribution in [0.1, 0.15) is 18.1 Å². The number of amides is 2. The minimum Gasteiger partial charge on any atom is -0.395 e. The van der Waals surface area contributed by atoms with Crippen LogP contribution in [0, 0.1) is 6.92 Å². The van der Waals surface area contributed by atoms with Gasteiger partial charge in [0.15, 0.2) is 0 Å². The van der Waals surface area contributed by atoms with Gasteiger partial charge in [0.2, 0.25) is 0 Å². The summed E-state index contributed by atoms with van der Waals surface area (Å²) in [5.74, 6) is 0. The van der Waals surface area contributed by atoms with E-state index in [4.69, 9.17) is 5.11 Å². The van der Waals surface area contributed by atoms with Gasteiger partial charge in [0, 0.05) is 12.2 Å². The number of carbonyl (C=O) groups is 1. The number of carbonyl (C=O) groups excluding carboxylic acids is 1. The molecule has 0 fully saturated rings. The number of aliphatic hydroxyl groups is 1. The summed E-state index contributed by atoms with van der Waals surface area (Å²) in [5, 5.41) is 14.0. The van der Waals surface area contributed by atoms with E-state index in [1.54, 1.807) is 0 Å². The van der Waals surface area contributed by atoms with Crippen LogP contribution in [0.5, 0.6) is 0 Å². The zero-order valence-corrected chi connectivity index (χ0v) is 9.71. The largest absolute Gasteiger partial charge is 0.395 e. The van der Waals surface area contributed by atoms with Crippen molar-refractivity contribution in [1.82, 2.24) is 5.32 Å². The molecule has 0 aliphatic rings. The van der Waals surface area contributed by atoms with Gasteiger partial charge in [-0.15, -0.1) is 0 Å². The minimum absolute atomic E-state index is 0.0537. The molecule has 1 rings (SSSR count). The monoisotopic (exact) mass is 222 g/mol. The highest BCUT2D eigenvalue weighted by Crippen LogP contribution is 2.20. The Kier molecular flexibility index (Phi) is 4.79. The normalized spacial score (nSPS) is 9.94. The summed E-state index contributed by atoms with van der Waals surface area (Å²) in [7, 11) is 0. The number of urea groups is 1. The molecule has 0 bridgehead atoms. The Morgan fingerprint density at radius 2 is 2.19 bits per heavy atom. The Morgan fingerprint density at radius 3 is 2.81 bits per heavy atom. The maximum Gasteiger partial charge on any atom is 0.319 e. The van der Waals surface area contributed by atoms with Gasteiger partial charge in [-0.25, -0.2) is 4.79 Å². The molecule has 4 heteroatoms. The van der Waals surface area contributed by atoms with E-state index < -0.39 is 0 Å². The van der Waals surface area contributed by atoms with E-state index in [-0.39, 0.29) is 19.2 Å². The Bertz CT molecular complexity index is 364. The average Bonchev–Trinajstić information content (AvgIpc) is 2.29. The van der Waals surface area contributed by atoms with Crippen molar-refractivity contribution in [3.05, 3.63) is 29.3 Å². The first-order chi connectivity index (χ1) is 7.69. The third kappa shape index (κ3) is 3.24. The lowest BCUT2D eigenvalue weighted by molar-refractivity contribution is 0.244. The minimum atomic E-state index is -0.280. The lowest BCUT2D eigenvalue weighted by Crippen LogP contribution is -2.31. The van der Waals surface area contributed by atoms with Crippen LogP contribution < -0.4 is 10.6 Å². The van der Waals surface area contributed by atoms with Crippen molar-refractivity contribution in [2.75, 3.05) is 18.5 Å². The molecule has 0 aromatic heterocycles. The quantitative estimate of drug-likeness (QED) is 0.725. The second-order valence-electron chi connectivity index (χ2n) is 3.57. The molecule has 0 heterocycles. The fourth-order valence-electron chi connectivity index (χ4n) is 1.53. The fourth-order valence-corrected chi connectivity index (χ4v) is 1.53. The number of para-hydroxylation sites is 1. The lowest BCUT2D eigenvalue weighted by Gasteiger charge is -2.13. The second kappa shape index (κ2) is 6.12. The van der Waals surface area contributed by atoms with Crippen molar-refractivity contribution in [1.29, 1.82) is 0 Å². The molecule has 0 saturated carbocycles. The molecule has 1 aromatic carbocycles. The number of rotatable bonds is 4. The zero-order chi connectivity index (χ0) is 12.0. The van der Waals surface area contributed by atoms with E-state index in [9.17, 15) is 4.79 Å². The molecule has 0 aliphatic heterocycles. The Morgan fingerprint density at radius 1 is 1.44 bits per heavy atom.